The maximum atomic E-state index is 11.3. The molecule has 3 nitrogen and oxygen atoms in total. The zero-order valence-corrected chi connectivity index (χ0v) is 8.52. The minimum Gasteiger partial charge on any atom is -0.313 e. The van der Waals surface area contributed by atoms with Crippen LogP contribution in [0.4, 0.5) is 0 Å². The fraction of sp³-hybridized carbons (Fsp3) is 1.00. The maximum absolute atomic E-state index is 11.3. The molecule has 1 heterocycles. The Hall–Kier alpha value is -0.0900. The zero-order valence-electron chi connectivity index (χ0n) is 7.71. The van der Waals surface area contributed by atoms with Crippen molar-refractivity contribution in [2.75, 3.05) is 12.3 Å². The van der Waals surface area contributed by atoms with Crippen molar-refractivity contribution < 1.29 is 8.42 Å². The molecule has 1 N–H and O–H groups in total. The molecule has 0 radical (unpaired) electrons. The van der Waals surface area contributed by atoms with Crippen molar-refractivity contribution in [1.29, 1.82) is 0 Å². The van der Waals surface area contributed by atoms with Gasteiger partial charge in [0.15, 0.2) is 9.84 Å². The third-order valence-electron chi connectivity index (χ3n) is 2.22. The Morgan fingerprint density at radius 3 is 2.58 bits per heavy atom. The SMILES string of the molecule is CC(C)NCC1CCCS1(=O)=O. The van der Waals surface area contributed by atoms with Crippen molar-refractivity contribution in [3.63, 3.8) is 0 Å². The van der Waals surface area contributed by atoms with Crippen LogP contribution in [0.1, 0.15) is 26.7 Å². The van der Waals surface area contributed by atoms with Crippen LogP contribution in [0.25, 0.3) is 0 Å². The second-order valence-electron chi connectivity index (χ2n) is 3.69. The molecule has 1 fully saturated rings. The second-order valence-corrected chi connectivity index (χ2v) is 6.09. The highest BCUT2D eigenvalue weighted by Gasteiger charge is 2.30. The van der Waals surface area contributed by atoms with E-state index in [1.54, 1.807) is 0 Å². The van der Waals surface area contributed by atoms with Crippen molar-refractivity contribution in [1.82, 2.24) is 5.32 Å². The van der Waals surface area contributed by atoms with Crippen molar-refractivity contribution in [3.8, 4) is 0 Å². The van der Waals surface area contributed by atoms with Gasteiger partial charge in [-0.1, -0.05) is 13.8 Å². The summed E-state index contributed by atoms with van der Waals surface area (Å²) < 4.78 is 22.7. The average molecular weight is 191 g/mol. The van der Waals surface area contributed by atoms with Gasteiger partial charge in [-0.25, -0.2) is 8.42 Å². The van der Waals surface area contributed by atoms with E-state index in [1.807, 2.05) is 13.8 Å². The summed E-state index contributed by atoms with van der Waals surface area (Å²) in [5.74, 6) is 0.386. The molecule has 12 heavy (non-hydrogen) atoms. The van der Waals surface area contributed by atoms with E-state index in [9.17, 15) is 8.42 Å². The van der Waals surface area contributed by atoms with Crippen LogP contribution in [0.2, 0.25) is 0 Å². The highest BCUT2D eigenvalue weighted by Crippen LogP contribution is 2.18. The van der Waals surface area contributed by atoms with Crippen LogP contribution >= 0.6 is 0 Å². The minimum atomic E-state index is -2.75. The molecule has 0 bridgehead atoms. The lowest BCUT2D eigenvalue weighted by Crippen LogP contribution is -2.34. The van der Waals surface area contributed by atoms with Gasteiger partial charge in [0.1, 0.15) is 0 Å². The molecule has 0 aromatic heterocycles. The van der Waals surface area contributed by atoms with Gasteiger partial charge >= 0.3 is 0 Å². The van der Waals surface area contributed by atoms with E-state index in [1.165, 1.54) is 0 Å². The number of nitrogens with one attached hydrogen (secondary N) is 1. The molecule has 0 spiro atoms. The number of sulfone groups is 1. The third kappa shape index (κ3) is 2.45. The van der Waals surface area contributed by atoms with Gasteiger partial charge in [-0.15, -0.1) is 0 Å². The summed E-state index contributed by atoms with van der Waals surface area (Å²) >= 11 is 0. The van der Waals surface area contributed by atoms with Crippen LogP contribution in [0.5, 0.6) is 0 Å². The van der Waals surface area contributed by atoms with Crippen LogP contribution < -0.4 is 5.32 Å². The molecule has 0 saturated carbocycles. The van der Waals surface area contributed by atoms with Crippen LogP contribution in [-0.2, 0) is 9.84 Å². The fourth-order valence-electron chi connectivity index (χ4n) is 1.45. The lowest BCUT2D eigenvalue weighted by Gasteiger charge is -2.12. The Morgan fingerprint density at radius 1 is 1.50 bits per heavy atom. The summed E-state index contributed by atoms with van der Waals surface area (Å²) in [5.41, 5.74) is 0. The van der Waals surface area contributed by atoms with Gasteiger partial charge in [0, 0.05) is 12.6 Å². The summed E-state index contributed by atoms with van der Waals surface area (Å²) in [7, 11) is -2.75. The largest absolute Gasteiger partial charge is 0.313 e. The van der Waals surface area contributed by atoms with Gasteiger partial charge in [0.05, 0.1) is 11.0 Å². The smallest absolute Gasteiger partial charge is 0.154 e. The summed E-state index contributed by atoms with van der Waals surface area (Å²) in [6.45, 7) is 4.68. The molecule has 1 saturated heterocycles. The number of rotatable bonds is 3. The molecule has 1 unspecified atom stereocenters. The van der Waals surface area contributed by atoms with Gasteiger partial charge in [-0.05, 0) is 12.8 Å². The van der Waals surface area contributed by atoms with Crippen molar-refractivity contribution in [2.24, 2.45) is 0 Å². The summed E-state index contributed by atoms with van der Waals surface area (Å²) in [6.07, 6.45) is 1.68. The van der Waals surface area contributed by atoms with Crippen LogP contribution in [0.3, 0.4) is 0 Å². The Balaban J connectivity index is 2.43. The van der Waals surface area contributed by atoms with E-state index in [-0.39, 0.29) is 5.25 Å². The molecule has 1 aliphatic rings. The molecule has 0 amide bonds. The quantitative estimate of drug-likeness (QED) is 0.709. The van der Waals surface area contributed by atoms with Crippen LogP contribution in [0.15, 0.2) is 0 Å². The van der Waals surface area contributed by atoms with Crippen molar-refractivity contribution in [3.05, 3.63) is 0 Å². The fourth-order valence-corrected chi connectivity index (χ4v) is 3.23. The number of hydrogen-bond donors (Lipinski definition) is 1. The predicted molar refractivity (Wildman–Crippen MR) is 49.9 cm³/mol. The Morgan fingerprint density at radius 2 is 2.17 bits per heavy atom. The molecule has 0 aromatic carbocycles. The van der Waals surface area contributed by atoms with E-state index in [2.05, 4.69) is 5.32 Å². The molecule has 72 valence electrons. The third-order valence-corrected chi connectivity index (χ3v) is 4.49. The first-order chi connectivity index (χ1) is 5.52. The van der Waals surface area contributed by atoms with E-state index in [4.69, 9.17) is 0 Å². The highest BCUT2D eigenvalue weighted by atomic mass is 32.2. The summed E-state index contributed by atoms with van der Waals surface area (Å²) in [4.78, 5) is 0. The maximum Gasteiger partial charge on any atom is 0.154 e. The van der Waals surface area contributed by atoms with Gasteiger partial charge in [0.25, 0.3) is 0 Å². The van der Waals surface area contributed by atoms with Crippen LogP contribution in [0, 0.1) is 0 Å². The average Bonchev–Trinajstić information content (AvgIpc) is 2.25. The standard InChI is InChI=1S/C8H17NO2S/c1-7(2)9-6-8-4-3-5-12(8,10)11/h7-9H,3-6H2,1-2H3. The normalized spacial score (nSPS) is 28.1. The van der Waals surface area contributed by atoms with E-state index in [0.717, 1.165) is 12.8 Å². The highest BCUT2D eigenvalue weighted by molar-refractivity contribution is 7.92. The Kier molecular flexibility index (Phi) is 3.12. The minimum absolute atomic E-state index is 0.125. The second kappa shape index (κ2) is 3.75. The van der Waals surface area contributed by atoms with Crippen molar-refractivity contribution in [2.45, 2.75) is 38.0 Å². The van der Waals surface area contributed by atoms with E-state index < -0.39 is 9.84 Å². The van der Waals surface area contributed by atoms with E-state index >= 15 is 0 Å². The molecule has 0 aromatic rings. The monoisotopic (exact) mass is 191 g/mol. The topological polar surface area (TPSA) is 46.2 Å². The first-order valence-electron chi connectivity index (χ1n) is 4.47. The zero-order chi connectivity index (χ0) is 9.19. The molecular formula is C8H17NO2S. The Bertz CT molecular complexity index is 233. The van der Waals surface area contributed by atoms with Gasteiger partial charge in [0.2, 0.25) is 0 Å². The van der Waals surface area contributed by atoms with E-state index in [0.29, 0.717) is 18.3 Å². The first kappa shape index (κ1) is 9.99. The number of hydrogen-bond acceptors (Lipinski definition) is 3. The molecule has 0 aliphatic carbocycles. The van der Waals surface area contributed by atoms with Crippen LogP contribution in [-0.4, -0.2) is 32.0 Å². The molecule has 4 heteroatoms. The van der Waals surface area contributed by atoms with Gasteiger partial charge < -0.3 is 5.32 Å². The summed E-state index contributed by atoms with van der Waals surface area (Å²) in [6, 6.07) is 0.376. The van der Waals surface area contributed by atoms with Gasteiger partial charge in [-0.3, -0.25) is 0 Å². The molecular weight excluding hydrogens is 174 g/mol. The lowest BCUT2D eigenvalue weighted by atomic mass is 10.2. The predicted octanol–water partition coefficient (Wildman–Crippen LogP) is 0.562. The molecule has 1 atom stereocenters. The molecule has 1 rings (SSSR count). The Labute approximate surface area is 74.5 Å². The van der Waals surface area contributed by atoms with Crippen molar-refractivity contribution >= 4 is 9.84 Å². The summed E-state index contributed by atoms with van der Waals surface area (Å²) in [5, 5.41) is 3.04. The van der Waals surface area contributed by atoms with Gasteiger partial charge in [-0.2, -0.15) is 0 Å². The first-order valence-corrected chi connectivity index (χ1v) is 6.19. The molecule has 1 aliphatic heterocycles. The lowest BCUT2D eigenvalue weighted by molar-refractivity contribution is 0.546.